The maximum Gasteiger partial charge on any atom is 0.573 e. The maximum absolute atomic E-state index is 13.4. The Morgan fingerprint density at radius 3 is 2.22 bits per heavy atom. The highest BCUT2D eigenvalue weighted by molar-refractivity contribution is 5.68. The van der Waals surface area contributed by atoms with Crippen LogP contribution in [0.15, 0.2) is 97.2 Å². The van der Waals surface area contributed by atoms with Crippen LogP contribution in [0.3, 0.4) is 0 Å². The van der Waals surface area contributed by atoms with Crippen molar-refractivity contribution in [1.29, 1.82) is 0 Å². The van der Waals surface area contributed by atoms with Gasteiger partial charge in [0.1, 0.15) is 23.8 Å². The molecule has 0 unspecified atom stereocenters. The van der Waals surface area contributed by atoms with E-state index in [4.69, 9.17) is 4.74 Å². The summed E-state index contributed by atoms with van der Waals surface area (Å²) in [6.45, 7) is 2.08. The van der Waals surface area contributed by atoms with Crippen molar-refractivity contribution >= 4 is 0 Å². The molecule has 0 aliphatic carbocycles. The van der Waals surface area contributed by atoms with Crippen LogP contribution in [-0.4, -0.2) is 21.1 Å². The molecular weight excluding hydrogens is 548 g/mol. The standard InChI is InChI=1S/C30H21F6N3O2/c1-19-17-21(20-11-13-23(14-12-20)41-30(34,35)36)9-10-22(19)18-40-26-7-3-2-5-24(26)25-6-4-8-28(38-25)39-27(15-16-37-39)29(31,32)33/h2-17H,18H2,1H3. The molecule has 2 aromatic heterocycles. The monoisotopic (exact) mass is 569 g/mol. The molecule has 3 aromatic carbocycles. The molecule has 0 saturated heterocycles. The molecule has 0 atom stereocenters. The van der Waals surface area contributed by atoms with E-state index in [0.717, 1.165) is 39.2 Å². The molecule has 5 aromatic rings. The van der Waals surface area contributed by atoms with Crippen molar-refractivity contribution in [3.05, 3.63) is 114 Å². The van der Waals surface area contributed by atoms with Crippen molar-refractivity contribution in [1.82, 2.24) is 14.8 Å². The normalized spacial score (nSPS) is 11.9. The number of hydrogen-bond acceptors (Lipinski definition) is 4. The molecule has 0 aliphatic rings. The predicted molar refractivity (Wildman–Crippen MR) is 139 cm³/mol. The van der Waals surface area contributed by atoms with Crippen LogP contribution in [0, 0.1) is 6.92 Å². The summed E-state index contributed by atoms with van der Waals surface area (Å²) >= 11 is 0. The second kappa shape index (κ2) is 11.0. The van der Waals surface area contributed by atoms with Gasteiger partial charge < -0.3 is 9.47 Å². The predicted octanol–water partition coefficient (Wildman–Crippen LogP) is 8.41. The minimum Gasteiger partial charge on any atom is -0.488 e. The Morgan fingerprint density at radius 1 is 0.780 bits per heavy atom. The van der Waals surface area contributed by atoms with Crippen LogP contribution in [0.4, 0.5) is 26.3 Å². The average molecular weight is 570 g/mol. The molecule has 5 nitrogen and oxygen atoms in total. The third-order valence-electron chi connectivity index (χ3n) is 6.19. The molecule has 0 amide bonds. The highest BCUT2D eigenvalue weighted by Gasteiger charge is 2.35. The van der Waals surface area contributed by atoms with Gasteiger partial charge in [-0.3, -0.25) is 0 Å². The van der Waals surface area contributed by atoms with Crippen LogP contribution in [0.2, 0.25) is 0 Å². The summed E-state index contributed by atoms with van der Waals surface area (Å²) < 4.78 is 88.2. The van der Waals surface area contributed by atoms with E-state index in [0.29, 0.717) is 17.0 Å². The van der Waals surface area contributed by atoms with Crippen molar-refractivity contribution in [3.63, 3.8) is 0 Å². The number of pyridine rings is 1. The molecule has 0 fully saturated rings. The highest BCUT2D eigenvalue weighted by Crippen LogP contribution is 2.33. The van der Waals surface area contributed by atoms with Gasteiger partial charge in [-0.2, -0.15) is 18.3 Å². The number of halogens is 6. The van der Waals surface area contributed by atoms with Gasteiger partial charge in [0, 0.05) is 5.56 Å². The first-order valence-electron chi connectivity index (χ1n) is 12.2. The minimum absolute atomic E-state index is 0.0130. The zero-order valence-electron chi connectivity index (χ0n) is 21.4. The number of hydrogen-bond donors (Lipinski definition) is 0. The quantitative estimate of drug-likeness (QED) is 0.185. The van der Waals surface area contributed by atoms with Crippen LogP contribution in [0.5, 0.6) is 11.5 Å². The van der Waals surface area contributed by atoms with Gasteiger partial charge in [0.2, 0.25) is 0 Å². The first-order chi connectivity index (χ1) is 19.5. The van der Waals surface area contributed by atoms with Gasteiger partial charge in [-0.05, 0) is 71.6 Å². The topological polar surface area (TPSA) is 49.2 Å². The number of nitrogens with zero attached hydrogens (tertiary/aromatic N) is 3. The molecule has 0 spiro atoms. The van der Waals surface area contributed by atoms with Crippen LogP contribution < -0.4 is 9.47 Å². The van der Waals surface area contributed by atoms with Gasteiger partial charge in [0.25, 0.3) is 0 Å². The Morgan fingerprint density at radius 2 is 1.51 bits per heavy atom. The fourth-order valence-corrected chi connectivity index (χ4v) is 4.24. The Balaban J connectivity index is 1.34. The molecule has 0 radical (unpaired) electrons. The number of para-hydroxylation sites is 1. The SMILES string of the molecule is Cc1cc(-c2ccc(OC(F)(F)F)cc2)ccc1COc1ccccc1-c1cccc(-n2nccc2C(F)(F)F)n1. The van der Waals surface area contributed by atoms with Crippen LogP contribution in [0.1, 0.15) is 16.8 Å². The fourth-order valence-electron chi connectivity index (χ4n) is 4.24. The van der Waals surface area contributed by atoms with Gasteiger partial charge >= 0.3 is 12.5 Å². The Hall–Kier alpha value is -4.80. The maximum atomic E-state index is 13.4. The minimum atomic E-state index is -4.76. The number of alkyl halides is 6. The van der Waals surface area contributed by atoms with Crippen LogP contribution >= 0.6 is 0 Å². The second-order valence-corrected chi connectivity index (χ2v) is 9.01. The van der Waals surface area contributed by atoms with Gasteiger partial charge in [-0.25, -0.2) is 9.67 Å². The van der Waals surface area contributed by atoms with Crippen LogP contribution in [-0.2, 0) is 12.8 Å². The number of benzene rings is 3. The van der Waals surface area contributed by atoms with E-state index < -0.39 is 18.2 Å². The molecule has 41 heavy (non-hydrogen) atoms. The smallest absolute Gasteiger partial charge is 0.488 e. The van der Waals surface area contributed by atoms with Gasteiger partial charge in [0.15, 0.2) is 5.82 Å². The first-order valence-corrected chi connectivity index (χ1v) is 12.2. The molecule has 210 valence electrons. The molecular formula is C30H21F6N3O2. The summed E-state index contributed by atoms with van der Waals surface area (Å²) in [5.74, 6) is 0.198. The van der Waals surface area contributed by atoms with E-state index in [2.05, 4.69) is 14.8 Å². The molecule has 0 bridgehead atoms. The largest absolute Gasteiger partial charge is 0.573 e. The van der Waals surface area contributed by atoms with Crippen molar-refractivity contribution in [2.75, 3.05) is 0 Å². The third-order valence-corrected chi connectivity index (χ3v) is 6.19. The van der Waals surface area contributed by atoms with Gasteiger partial charge in [-0.15, -0.1) is 13.2 Å². The van der Waals surface area contributed by atoms with Crippen molar-refractivity contribution < 1.29 is 35.8 Å². The van der Waals surface area contributed by atoms with Gasteiger partial charge in [0.05, 0.1) is 11.9 Å². The third kappa shape index (κ3) is 6.51. The van der Waals surface area contributed by atoms with Crippen LogP contribution in [0.25, 0.3) is 28.2 Å². The second-order valence-electron chi connectivity index (χ2n) is 9.01. The van der Waals surface area contributed by atoms with E-state index in [1.165, 1.54) is 18.2 Å². The molecule has 2 heterocycles. The first kappa shape index (κ1) is 27.8. The lowest BCUT2D eigenvalue weighted by molar-refractivity contribution is -0.274. The zero-order chi connectivity index (χ0) is 29.2. The summed E-state index contributed by atoms with van der Waals surface area (Å²) in [7, 11) is 0. The molecule has 11 heteroatoms. The molecule has 0 saturated carbocycles. The van der Waals surface area contributed by atoms with E-state index in [-0.39, 0.29) is 18.2 Å². The van der Waals surface area contributed by atoms with Crippen molar-refractivity contribution in [2.45, 2.75) is 26.1 Å². The Labute approximate surface area is 230 Å². The zero-order valence-corrected chi connectivity index (χ0v) is 21.4. The van der Waals surface area contributed by atoms with E-state index in [1.807, 2.05) is 25.1 Å². The Bertz CT molecular complexity index is 1660. The number of ether oxygens (including phenoxy) is 2. The Kier molecular flexibility index (Phi) is 7.44. The lowest BCUT2D eigenvalue weighted by Gasteiger charge is -2.15. The number of aryl methyl sites for hydroxylation is 1. The molecule has 5 rings (SSSR count). The lowest BCUT2D eigenvalue weighted by atomic mass is 10.00. The number of aromatic nitrogens is 3. The fraction of sp³-hybridized carbons (Fsp3) is 0.133. The van der Waals surface area contributed by atoms with E-state index in [1.54, 1.807) is 48.5 Å². The summed E-state index contributed by atoms with van der Waals surface area (Å²) in [6.07, 6.45) is -8.28. The average Bonchev–Trinajstić information content (AvgIpc) is 3.43. The number of rotatable bonds is 7. The summed E-state index contributed by atoms with van der Waals surface area (Å²) in [5, 5.41) is 3.79. The molecule has 0 N–H and O–H groups in total. The summed E-state index contributed by atoms with van der Waals surface area (Å²) in [6, 6.07) is 23.9. The van der Waals surface area contributed by atoms with E-state index in [9.17, 15) is 26.3 Å². The van der Waals surface area contributed by atoms with Crippen molar-refractivity contribution in [2.24, 2.45) is 0 Å². The van der Waals surface area contributed by atoms with Gasteiger partial charge in [-0.1, -0.05) is 48.5 Å². The molecule has 0 aliphatic heterocycles. The summed E-state index contributed by atoms with van der Waals surface area (Å²) in [5.41, 5.74) is 3.36. The lowest BCUT2D eigenvalue weighted by Crippen LogP contribution is -2.16. The van der Waals surface area contributed by atoms with Crippen molar-refractivity contribution in [3.8, 4) is 39.7 Å². The summed E-state index contributed by atoms with van der Waals surface area (Å²) in [4.78, 5) is 4.41. The van der Waals surface area contributed by atoms with E-state index >= 15 is 0 Å². The highest BCUT2D eigenvalue weighted by atomic mass is 19.4.